The molecule has 3 aromatic rings. The molecule has 0 saturated heterocycles. The standard InChI is InChI=1S/C14H10N2OS2.CH4O3S/c15-14(16)12-6-8-3-4-9(7-11(8)19-12)13(17)10-2-1-5-18-10;1-5(2,3)4/h1-7H,(H3,15,16);1H3,(H,2,3,4). The molecule has 0 atom stereocenters. The number of hydrogen-bond donors (Lipinski definition) is 3. The van der Waals surface area contributed by atoms with Crippen LogP contribution < -0.4 is 5.73 Å². The highest BCUT2D eigenvalue weighted by molar-refractivity contribution is 7.85. The fourth-order valence-corrected chi connectivity index (χ4v) is 3.50. The topological polar surface area (TPSA) is 121 Å². The molecule has 126 valence electrons. The summed E-state index contributed by atoms with van der Waals surface area (Å²) < 4.78 is 26.8. The number of carbonyl (C=O) groups excluding carboxylic acids is 1. The van der Waals surface area contributed by atoms with Crippen LogP contribution in [-0.2, 0) is 10.1 Å². The summed E-state index contributed by atoms with van der Waals surface area (Å²) in [5.74, 6) is 0.0991. The zero-order valence-electron chi connectivity index (χ0n) is 12.5. The highest BCUT2D eigenvalue weighted by atomic mass is 32.2. The molecule has 6 nitrogen and oxygen atoms in total. The van der Waals surface area contributed by atoms with Crippen LogP contribution in [0.4, 0.5) is 0 Å². The van der Waals surface area contributed by atoms with Crippen molar-refractivity contribution in [3.8, 4) is 0 Å². The molecule has 0 aliphatic rings. The van der Waals surface area contributed by atoms with Crippen LogP contribution in [0.1, 0.15) is 20.1 Å². The maximum absolute atomic E-state index is 12.2. The van der Waals surface area contributed by atoms with Crippen molar-refractivity contribution in [2.45, 2.75) is 0 Å². The highest BCUT2D eigenvalue weighted by Gasteiger charge is 2.12. The summed E-state index contributed by atoms with van der Waals surface area (Å²) in [6, 6.07) is 11.2. The Morgan fingerprint density at radius 3 is 2.42 bits per heavy atom. The van der Waals surface area contributed by atoms with Gasteiger partial charge in [-0.2, -0.15) is 8.42 Å². The highest BCUT2D eigenvalue weighted by Crippen LogP contribution is 2.27. The molecule has 24 heavy (non-hydrogen) atoms. The Bertz CT molecular complexity index is 981. The van der Waals surface area contributed by atoms with Crippen molar-refractivity contribution in [3.05, 3.63) is 57.1 Å². The molecular formula is C15H14N2O4S3. The van der Waals surface area contributed by atoms with Crippen LogP contribution in [0, 0.1) is 5.41 Å². The van der Waals surface area contributed by atoms with Crippen LogP contribution >= 0.6 is 22.7 Å². The molecule has 0 aliphatic heterocycles. The number of ketones is 1. The van der Waals surface area contributed by atoms with Gasteiger partial charge in [-0.3, -0.25) is 14.8 Å². The third-order valence-corrected chi connectivity index (χ3v) is 4.79. The lowest BCUT2D eigenvalue weighted by Gasteiger charge is -1.98. The van der Waals surface area contributed by atoms with Gasteiger partial charge in [-0.1, -0.05) is 18.2 Å². The van der Waals surface area contributed by atoms with Gasteiger partial charge in [0.25, 0.3) is 10.1 Å². The monoisotopic (exact) mass is 382 g/mol. The van der Waals surface area contributed by atoms with E-state index in [-0.39, 0.29) is 11.6 Å². The number of nitrogen functional groups attached to an aromatic ring is 1. The van der Waals surface area contributed by atoms with Crippen molar-refractivity contribution < 1.29 is 17.8 Å². The van der Waals surface area contributed by atoms with Gasteiger partial charge < -0.3 is 5.73 Å². The van der Waals surface area contributed by atoms with E-state index in [0.29, 0.717) is 11.8 Å². The molecule has 4 N–H and O–H groups in total. The van der Waals surface area contributed by atoms with E-state index >= 15 is 0 Å². The first kappa shape index (κ1) is 18.3. The van der Waals surface area contributed by atoms with Crippen molar-refractivity contribution in [1.82, 2.24) is 0 Å². The number of carbonyl (C=O) groups is 1. The molecular weight excluding hydrogens is 368 g/mol. The number of nitrogens with two attached hydrogens (primary N) is 1. The van der Waals surface area contributed by atoms with Crippen molar-refractivity contribution in [3.63, 3.8) is 0 Å². The molecule has 2 aromatic heterocycles. The van der Waals surface area contributed by atoms with Crippen molar-refractivity contribution in [1.29, 1.82) is 5.41 Å². The Hall–Kier alpha value is -2.07. The number of fused-ring (bicyclic) bond motifs is 1. The van der Waals surface area contributed by atoms with Gasteiger partial charge in [0.15, 0.2) is 0 Å². The van der Waals surface area contributed by atoms with Gasteiger partial charge in [0.2, 0.25) is 5.78 Å². The Morgan fingerprint density at radius 2 is 1.88 bits per heavy atom. The zero-order chi connectivity index (χ0) is 17.9. The minimum atomic E-state index is -3.67. The molecule has 0 radical (unpaired) electrons. The van der Waals surface area contributed by atoms with Crippen LogP contribution in [0.15, 0.2) is 41.8 Å². The van der Waals surface area contributed by atoms with Crippen molar-refractivity contribution in [2.75, 3.05) is 6.26 Å². The van der Waals surface area contributed by atoms with Crippen molar-refractivity contribution >= 4 is 54.5 Å². The summed E-state index contributed by atoms with van der Waals surface area (Å²) in [6.07, 6.45) is 0.715. The second-order valence-corrected chi connectivity index (χ2v) is 8.31. The molecule has 0 aliphatic carbocycles. The third-order valence-electron chi connectivity index (χ3n) is 2.79. The Morgan fingerprint density at radius 1 is 1.21 bits per heavy atom. The van der Waals surface area contributed by atoms with Crippen molar-refractivity contribution in [2.24, 2.45) is 5.73 Å². The molecule has 2 heterocycles. The lowest BCUT2D eigenvalue weighted by atomic mass is 10.1. The predicted molar refractivity (Wildman–Crippen MR) is 98.1 cm³/mol. The number of nitrogens with one attached hydrogen (secondary N) is 1. The molecule has 0 saturated carbocycles. The number of amidine groups is 1. The van der Waals surface area contributed by atoms with E-state index in [4.69, 9.17) is 15.7 Å². The first-order chi connectivity index (χ1) is 11.1. The van der Waals surface area contributed by atoms with Gasteiger partial charge in [-0.05, 0) is 29.0 Å². The van der Waals surface area contributed by atoms with Gasteiger partial charge in [-0.25, -0.2) is 0 Å². The Balaban J connectivity index is 0.000000368. The lowest BCUT2D eigenvalue weighted by Crippen LogP contribution is -2.08. The van der Waals surface area contributed by atoms with E-state index in [1.165, 1.54) is 22.7 Å². The molecule has 1 aromatic carbocycles. The Kier molecular flexibility index (Phi) is 5.50. The second kappa shape index (κ2) is 7.22. The summed E-state index contributed by atoms with van der Waals surface area (Å²) in [4.78, 5) is 13.7. The number of benzene rings is 1. The minimum absolute atomic E-state index is 0.0367. The molecule has 9 heteroatoms. The minimum Gasteiger partial charge on any atom is -0.383 e. The molecule has 0 fully saturated rings. The average Bonchev–Trinajstić information content (AvgIpc) is 3.13. The predicted octanol–water partition coefficient (Wildman–Crippen LogP) is 2.98. The quantitative estimate of drug-likeness (QED) is 0.278. The largest absolute Gasteiger partial charge is 0.383 e. The van der Waals surface area contributed by atoms with Gasteiger partial charge in [0.05, 0.1) is 16.0 Å². The van der Waals surface area contributed by atoms with E-state index in [2.05, 4.69) is 0 Å². The summed E-state index contributed by atoms with van der Waals surface area (Å²) in [5.41, 5.74) is 6.15. The molecule has 0 bridgehead atoms. The summed E-state index contributed by atoms with van der Waals surface area (Å²) in [5, 5.41) is 10.3. The zero-order valence-corrected chi connectivity index (χ0v) is 15.0. The van der Waals surface area contributed by atoms with Gasteiger partial charge >= 0.3 is 0 Å². The van der Waals surface area contributed by atoms with Crippen LogP contribution in [0.25, 0.3) is 10.1 Å². The SMILES string of the molecule is CS(=O)(=O)O.N=C(N)c1cc2ccc(C(=O)c3cccs3)cc2s1. The molecule has 0 spiro atoms. The summed E-state index contributed by atoms with van der Waals surface area (Å²) >= 11 is 2.88. The van der Waals surface area contributed by atoms with Gasteiger partial charge in [-0.15, -0.1) is 22.7 Å². The molecule has 0 amide bonds. The molecule has 3 rings (SSSR count). The summed E-state index contributed by atoms with van der Waals surface area (Å²) in [6.45, 7) is 0. The second-order valence-electron chi connectivity index (χ2n) is 4.82. The number of hydrogen-bond acceptors (Lipinski definition) is 6. The smallest absolute Gasteiger partial charge is 0.261 e. The Labute approximate surface area is 146 Å². The van der Waals surface area contributed by atoms with Crippen LogP contribution in [-0.4, -0.2) is 30.8 Å². The van der Waals surface area contributed by atoms with Gasteiger partial charge in [0, 0.05) is 10.3 Å². The van der Waals surface area contributed by atoms with E-state index in [1.54, 1.807) is 0 Å². The van der Waals surface area contributed by atoms with Crippen LogP contribution in [0.5, 0.6) is 0 Å². The average molecular weight is 382 g/mol. The van der Waals surface area contributed by atoms with E-state index in [9.17, 15) is 13.2 Å². The first-order valence-corrected chi connectivity index (χ1v) is 10.1. The third kappa shape index (κ3) is 4.96. The lowest BCUT2D eigenvalue weighted by molar-refractivity contribution is 0.104. The number of thiophene rings is 2. The maximum atomic E-state index is 12.2. The van der Waals surface area contributed by atoms with Crippen LogP contribution in [0.2, 0.25) is 0 Å². The number of rotatable bonds is 3. The maximum Gasteiger partial charge on any atom is 0.261 e. The van der Waals surface area contributed by atoms with Gasteiger partial charge in [0.1, 0.15) is 5.84 Å². The summed E-state index contributed by atoms with van der Waals surface area (Å²) in [7, 11) is -3.67. The normalized spacial score (nSPS) is 10.9. The fraction of sp³-hybridized carbons (Fsp3) is 0.0667. The van der Waals surface area contributed by atoms with Crippen LogP contribution in [0.3, 0.4) is 0 Å². The van der Waals surface area contributed by atoms with E-state index < -0.39 is 10.1 Å². The molecule has 0 unspecified atom stereocenters. The first-order valence-electron chi connectivity index (χ1n) is 6.54. The fourth-order valence-electron chi connectivity index (χ4n) is 1.86. The van der Waals surface area contributed by atoms with E-state index in [0.717, 1.165) is 19.8 Å². The van der Waals surface area contributed by atoms with E-state index in [1.807, 2.05) is 41.8 Å².